The van der Waals surface area contributed by atoms with Crippen molar-refractivity contribution in [1.82, 2.24) is 10.2 Å². The average Bonchev–Trinajstić information content (AvgIpc) is 2.98. The van der Waals surface area contributed by atoms with Gasteiger partial charge in [0.25, 0.3) is 5.91 Å². The Bertz CT molecular complexity index is 457. The molecule has 2 fully saturated rings. The Balaban J connectivity index is 0.00000147. The van der Waals surface area contributed by atoms with Crippen LogP contribution in [0.2, 0.25) is 0 Å². The summed E-state index contributed by atoms with van der Waals surface area (Å²) >= 11 is 2.25. The third-order valence-corrected chi connectivity index (χ3v) is 4.64. The second-order valence-corrected chi connectivity index (χ2v) is 6.47. The molecule has 0 bridgehead atoms. The molecule has 0 radical (unpaired) electrons. The van der Waals surface area contributed by atoms with E-state index in [4.69, 9.17) is 4.74 Å². The lowest BCUT2D eigenvalue weighted by Crippen LogP contribution is -2.35. The van der Waals surface area contributed by atoms with Crippen LogP contribution < -0.4 is 10.1 Å². The van der Waals surface area contributed by atoms with E-state index < -0.39 is 0 Å². The number of ether oxygens (including phenoxy) is 1. The predicted octanol–water partition coefficient (Wildman–Crippen LogP) is 1.77. The minimum atomic E-state index is 0. The quantitative estimate of drug-likeness (QED) is 0.775. The molecule has 1 N–H and O–H groups in total. The van der Waals surface area contributed by atoms with Gasteiger partial charge >= 0.3 is 0 Å². The van der Waals surface area contributed by atoms with E-state index in [-0.39, 0.29) is 24.9 Å². The molecule has 0 spiro atoms. The number of amides is 1. The van der Waals surface area contributed by atoms with Gasteiger partial charge in [0.2, 0.25) is 0 Å². The van der Waals surface area contributed by atoms with Crippen molar-refractivity contribution in [1.29, 1.82) is 0 Å². The van der Waals surface area contributed by atoms with E-state index >= 15 is 0 Å². The van der Waals surface area contributed by atoms with Gasteiger partial charge in [0.05, 0.1) is 0 Å². The summed E-state index contributed by atoms with van der Waals surface area (Å²) in [4.78, 5) is 14.0. The summed E-state index contributed by atoms with van der Waals surface area (Å²) in [6, 6.07) is 7.76. The zero-order valence-corrected chi connectivity index (χ0v) is 14.0. The van der Waals surface area contributed by atoms with Gasteiger partial charge in [-0.25, -0.2) is 0 Å². The third kappa shape index (κ3) is 3.56. The predicted molar refractivity (Wildman–Crippen MR) is 88.3 cm³/mol. The number of benzene rings is 1. The molecule has 0 unspecified atom stereocenters. The number of nitrogens with one attached hydrogen (secondary N) is 1. The van der Waals surface area contributed by atoms with Gasteiger partial charge in [0, 0.05) is 29.7 Å². The Morgan fingerprint density at radius 3 is 2.45 bits per heavy atom. The summed E-state index contributed by atoms with van der Waals surface area (Å²) in [5.41, 5.74) is 0. The van der Waals surface area contributed by atoms with Crippen LogP contribution in [0.25, 0.3) is 0 Å². The van der Waals surface area contributed by atoms with Crippen LogP contribution >= 0.6 is 35.0 Å². The standard InChI is InChI=1S/C14H17IN2O2.ClH/c15-12-1-3-13(4-2-12)19-9-14(18)17-7-10-5-16-6-11(10)8-17;/h1-4,10-11,16H,5-9H2;1H/t10-,11+;. The fourth-order valence-corrected chi connectivity index (χ4v) is 3.19. The summed E-state index contributed by atoms with van der Waals surface area (Å²) < 4.78 is 6.71. The number of likely N-dealkylation sites (tertiary alicyclic amines) is 1. The molecule has 20 heavy (non-hydrogen) atoms. The molecule has 4 nitrogen and oxygen atoms in total. The molecule has 1 amide bonds. The Kier molecular flexibility index (Phi) is 5.51. The van der Waals surface area contributed by atoms with E-state index in [0.717, 1.165) is 35.5 Å². The lowest BCUT2D eigenvalue weighted by Gasteiger charge is -2.17. The molecule has 0 aromatic heterocycles. The number of halogens is 2. The van der Waals surface area contributed by atoms with Crippen LogP contribution in [-0.4, -0.2) is 43.6 Å². The average molecular weight is 409 g/mol. The van der Waals surface area contributed by atoms with Crippen molar-refractivity contribution >= 4 is 40.9 Å². The van der Waals surface area contributed by atoms with E-state index in [0.29, 0.717) is 11.8 Å². The van der Waals surface area contributed by atoms with Crippen LogP contribution in [0.3, 0.4) is 0 Å². The molecule has 2 heterocycles. The van der Waals surface area contributed by atoms with E-state index in [2.05, 4.69) is 27.9 Å². The number of hydrogen-bond acceptors (Lipinski definition) is 3. The topological polar surface area (TPSA) is 41.6 Å². The summed E-state index contributed by atoms with van der Waals surface area (Å²) in [6.45, 7) is 4.01. The fourth-order valence-electron chi connectivity index (χ4n) is 2.83. The highest BCUT2D eigenvalue weighted by atomic mass is 127. The number of rotatable bonds is 3. The summed E-state index contributed by atoms with van der Waals surface area (Å²) in [5.74, 6) is 2.15. The first-order valence-corrected chi connectivity index (χ1v) is 7.67. The van der Waals surface area contributed by atoms with Crippen molar-refractivity contribution in [3.05, 3.63) is 27.8 Å². The fraction of sp³-hybridized carbons (Fsp3) is 0.500. The molecular weight excluding hydrogens is 391 g/mol. The first-order valence-electron chi connectivity index (χ1n) is 6.59. The number of carbonyl (C=O) groups excluding carboxylic acids is 1. The van der Waals surface area contributed by atoms with Gasteiger partial charge in [-0.1, -0.05) is 0 Å². The van der Waals surface area contributed by atoms with E-state index in [1.807, 2.05) is 29.2 Å². The second kappa shape index (κ2) is 6.95. The van der Waals surface area contributed by atoms with Crippen LogP contribution in [0.4, 0.5) is 0 Å². The Hall–Kier alpha value is -0.530. The van der Waals surface area contributed by atoms with Gasteiger partial charge in [-0.05, 0) is 58.7 Å². The molecule has 3 rings (SSSR count). The SMILES string of the molecule is Cl.O=C(COc1ccc(I)cc1)N1C[C@H]2CNC[C@H]2C1. The maximum absolute atomic E-state index is 12.1. The van der Waals surface area contributed by atoms with Crippen molar-refractivity contribution < 1.29 is 9.53 Å². The molecule has 2 atom stereocenters. The molecule has 2 aliphatic heterocycles. The summed E-state index contributed by atoms with van der Waals surface area (Å²) in [6.07, 6.45) is 0. The molecule has 0 saturated carbocycles. The minimum Gasteiger partial charge on any atom is -0.484 e. The summed E-state index contributed by atoms with van der Waals surface area (Å²) in [7, 11) is 0. The monoisotopic (exact) mass is 408 g/mol. The highest BCUT2D eigenvalue weighted by molar-refractivity contribution is 14.1. The molecule has 110 valence electrons. The number of fused-ring (bicyclic) bond motifs is 1. The zero-order valence-electron chi connectivity index (χ0n) is 11.0. The van der Waals surface area contributed by atoms with Gasteiger partial charge in [-0.3, -0.25) is 4.79 Å². The van der Waals surface area contributed by atoms with Crippen LogP contribution in [-0.2, 0) is 4.79 Å². The Morgan fingerprint density at radius 2 is 1.85 bits per heavy atom. The van der Waals surface area contributed by atoms with Crippen LogP contribution in [0.15, 0.2) is 24.3 Å². The largest absolute Gasteiger partial charge is 0.484 e. The Morgan fingerprint density at radius 1 is 1.25 bits per heavy atom. The van der Waals surface area contributed by atoms with Crippen molar-refractivity contribution in [2.45, 2.75) is 0 Å². The van der Waals surface area contributed by atoms with Gasteiger partial charge in [-0.15, -0.1) is 12.4 Å². The molecule has 2 saturated heterocycles. The maximum atomic E-state index is 12.1. The third-order valence-electron chi connectivity index (χ3n) is 3.92. The van der Waals surface area contributed by atoms with Gasteiger partial charge in [-0.2, -0.15) is 0 Å². The minimum absolute atomic E-state index is 0. The number of hydrogen-bond donors (Lipinski definition) is 1. The zero-order chi connectivity index (χ0) is 13.2. The lowest BCUT2D eigenvalue weighted by atomic mass is 10.0. The first kappa shape index (κ1) is 15.9. The van der Waals surface area contributed by atoms with Gasteiger partial charge < -0.3 is 15.0 Å². The highest BCUT2D eigenvalue weighted by Crippen LogP contribution is 2.26. The van der Waals surface area contributed by atoms with Crippen molar-refractivity contribution in [2.24, 2.45) is 11.8 Å². The van der Waals surface area contributed by atoms with E-state index in [1.165, 1.54) is 0 Å². The second-order valence-electron chi connectivity index (χ2n) is 5.22. The van der Waals surface area contributed by atoms with Crippen LogP contribution in [0.1, 0.15) is 0 Å². The van der Waals surface area contributed by atoms with Gasteiger partial charge in [0.1, 0.15) is 5.75 Å². The molecule has 2 aliphatic rings. The molecule has 6 heteroatoms. The number of carbonyl (C=O) groups is 1. The van der Waals surface area contributed by atoms with E-state index in [1.54, 1.807) is 0 Å². The van der Waals surface area contributed by atoms with Crippen LogP contribution in [0.5, 0.6) is 5.75 Å². The van der Waals surface area contributed by atoms with Crippen LogP contribution in [0, 0.1) is 15.4 Å². The Labute approximate surface area is 138 Å². The van der Waals surface area contributed by atoms with E-state index in [9.17, 15) is 4.79 Å². The van der Waals surface area contributed by atoms with Gasteiger partial charge in [0.15, 0.2) is 6.61 Å². The molecule has 0 aliphatic carbocycles. The maximum Gasteiger partial charge on any atom is 0.260 e. The molecule has 1 aromatic rings. The lowest BCUT2D eigenvalue weighted by molar-refractivity contribution is -0.132. The van der Waals surface area contributed by atoms with Crippen molar-refractivity contribution in [2.75, 3.05) is 32.8 Å². The smallest absolute Gasteiger partial charge is 0.260 e. The number of nitrogens with zero attached hydrogens (tertiary/aromatic N) is 1. The molecule has 1 aromatic carbocycles. The van der Waals surface area contributed by atoms with Crippen molar-refractivity contribution in [3.63, 3.8) is 0 Å². The van der Waals surface area contributed by atoms with Crippen molar-refractivity contribution in [3.8, 4) is 5.75 Å². The highest BCUT2D eigenvalue weighted by Gasteiger charge is 2.37. The molecular formula is C14H18ClIN2O2. The first-order chi connectivity index (χ1) is 9.22. The normalized spacial score (nSPS) is 24.1. The summed E-state index contributed by atoms with van der Waals surface area (Å²) in [5, 5.41) is 3.38.